The van der Waals surface area contributed by atoms with Crippen molar-refractivity contribution in [3.05, 3.63) is 95.1 Å². The molecule has 0 aromatic heterocycles. The Morgan fingerprint density at radius 3 is 2.40 bits per heavy atom. The van der Waals surface area contributed by atoms with E-state index in [1.165, 1.54) is 16.7 Å². The van der Waals surface area contributed by atoms with Crippen LogP contribution in [0.3, 0.4) is 0 Å². The number of hydrogen-bond donors (Lipinski definition) is 3. The molecule has 9 nitrogen and oxygen atoms in total. The Morgan fingerprint density at radius 1 is 1.02 bits per heavy atom. The minimum Gasteiger partial charge on any atom is -0.483 e. The summed E-state index contributed by atoms with van der Waals surface area (Å²) in [6, 6.07) is 21.1. The molecule has 45 heavy (non-hydrogen) atoms. The van der Waals surface area contributed by atoms with E-state index in [4.69, 9.17) is 4.74 Å². The van der Waals surface area contributed by atoms with Crippen molar-refractivity contribution in [3.63, 3.8) is 0 Å². The molecule has 3 amide bonds. The molecule has 3 unspecified atom stereocenters. The number of aliphatic hydroxyl groups is 1. The maximum atomic E-state index is 13.9. The van der Waals surface area contributed by atoms with Crippen molar-refractivity contribution in [2.75, 3.05) is 31.5 Å². The second kappa shape index (κ2) is 14.8. The number of rotatable bonds is 12. The van der Waals surface area contributed by atoms with Crippen molar-refractivity contribution < 1.29 is 24.2 Å². The number of nitrogens with one attached hydrogen (secondary N) is 2. The zero-order valence-corrected chi connectivity index (χ0v) is 27.7. The Bertz CT molecular complexity index is 1500. The van der Waals surface area contributed by atoms with Gasteiger partial charge in [-0.2, -0.15) is 0 Å². The van der Waals surface area contributed by atoms with Crippen molar-refractivity contribution in [1.29, 1.82) is 0 Å². The number of thioether (sulfide) groups is 1. The lowest BCUT2D eigenvalue weighted by Crippen LogP contribution is -2.59. The van der Waals surface area contributed by atoms with Crippen LogP contribution in [-0.2, 0) is 27.3 Å². The van der Waals surface area contributed by atoms with Gasteiger partial charge in [0, 0.05) is 37.1 Å². The largest absolute Gasteiger partial charge is 0.483 e. The number of hydrogen-bond acceptors (Lipinski definition) is 7. The van der Waals surface area contributed by atoms with E-state index in [0.717, 1.165) is 27.9 Å². The second-order valence-corrected chi connectivity index (χ2v) is 13.8. The highest BCUT2D eigenvalue weighted by molar-refractivity contribution is 8.00. The van der Waals surface area contributed by atoms with Crippen molar-refractivity contribution in [1.82, 2.24) is 15.5 Å². The number of aliphatic hydroxyl groups excluding tert-OH is 1. The predicted octanol–water partition coefficient (Wildman–Crippen LogP) is 3.83. The number of aryl methyl sites for hydroxylation is 2. The summed E-state index contributed by atoms with van der Waals surface area (Å²) >= 11 is 1.48. The number of anilines is 1. The molecule has 1 aliphatic rings. The van der Waals surface area contributed by atoms with E-state index in [1.54, 1.807) is 0 Å². The first-order valence-electron chi connectivity index (χ1n) is 15.1. The Balaban J connectivity index is 1.49. The maximum absolute atomic E-state index is 13.9. The van der Waals surface area contributed by atoms with Crippen LogP contribution in [0.15, 0.2) is 72.8 Å². The molecule has 240 valence electrons. The van der Waals surface area contributed by atoms with Crippen LogP contribution in [0.5, 0.6) is 5.75 Å². The van der Waals surface area contributed by atoms with Crippen molar-refractivity contribution in [3.8, 4) is 5.75 Å². The fourth-order valence-electron chi connectivity index (χ4n) is 5.37. The summed E-state index contributed by atoms with van der Waals surface area (Å²) in [4.78, 5) is 44.0. The number of nitrogens with zero attached hydrogens (tertiary/aromatic N) is 2. The minimum absolute atomic E-state index is 0.211. The van der Waals surface area contributed by atoms with E-state index in [0.29, 0.717) is 12.3 Å². The molecule has 0 aliphatic carbocycles. The number of ether oxygens (including phenoxy) is 1. The molecule has 1 heterocycles. The lowest BCUT2D eigenvalue weighted by atomic mass is 9.97. The average Bonchev–Trinajstić information content (AvgIpc) is 3.34. The van der Waals surface area contributed by atoms with Crippen LogP contribution >= 0.6 is 11.8 Å². The van der Waals surface area contributed by atoms with Crippen LogP contribution in [0.1, 0.15) is 36.1 Å². The predicted molar refractivity (Wildman–Crippen MR) is 179 cm³/mol. The molecule has 10 heteroatoms. The molecule has 1 aliphatic heterocycles. The van der Waals surface area contributed by atoms with Crippen LogP contribution < -0.4 is 20.3 Å². The summed E-state index contributed by atoms with van der Waals surface area (Å²) in [5, 5.41) is 17.3. The van der Waals surface area contributed by atoms with Crippen LogP contribution in [-0.4, -0.2) is 77.2 Å². The standard InChI is InChI=1S/C35H44N4O5S/c1-23-12-10-11-15-26(23)20-36-33(42)32-35(3,4)45-22-39(32)34(43)31(41)28(18-25-13-8-7-9-14-25)37-30(40)21-44-29-19-27(38(5)6)17-16-24(29)2/h7-17,19,28,31-32,41H,18,20-22H2,1-6H3,(H,36,42)(H,37,40). The zero-order valence-electron chi connectivity index (χ0n) is 26.9. The SMILES string of the molecule is Cc1ccccc1CNC(=O)C1N(C(=O)C(O)C(Cc2ccccc2)NC(=O)COc2cc(N(C)C)ccc2C)CSC1(C)C. The third kappa shape index (κ3) is 8.58. The van der Waals surface area contributed by atoms with Crippen LogP contribution in [0.25, 0.3) is 0 Å². The van der Waals surface area contributed by atoms with Gasteiger partial charge in [-0.25, -0.2) is 0 Å². The number of benzene rings is 3. The first-order valence-corrected chi connectivity index (χ1v) is 16.0. The molecule has 1 fully saturated rings. The molecular formula is C35H44N4O5S. The van der Waals surface area contributed by atoms with Gasteiger partial charge in [-0.05, 0) is 62.4 Å². The number of carbonyl (C=O) groups excluding carboxylic acids is 3. The van der Waals surface area contributed by atoms with Crippen LogP contribution in [0.2, 0.25) is 0 Å². The molecule has 3 atom stereocenters. The summed E-state index contributed by atoms with van der Waals surface area (Å²) in [5.74, 6) is -0.561. The van der Waals surface area contributed by atoms with Gasteiger partial charge in [0.15, 0.2) is 12.7 Å². The summed E-state index contributed by atoms with van der Waals surface area (Å²) in [7, 11) is 3.85. The molecule has 0 spiro atoms. The molecule has 1 saturated heterocycles. The summed E-state index contributed by atoms with van der Waals surface area (Å²) < 4.78 is 5.27. The van der Waals surface area contributed by atoms with Gasteiger partial charge in [-0.3, -0.25) is 14.4 Å². The smallest absolute Gasteiger partial charge is 0.258 e. The zero-order chi connectivity index (χ0) is 32.7. The van der Waals surface area contributed by atoms with E-state index in [-0.39, 0.29) is 24.8 Å². The molecule has 3 aromatic rings. The lowest BCUT2D eigenvalue weighted by molar-refractivity contribution is -0.148. The van der Waals surface area contributed by atoms with Gasteiger partial charge in [0.25, 0.3) is 11.8 Å². The van der Waals surface area contributed by atoms with Crippen molar-refractivity contribution >= 4 is 35.2 Å². The van der Waals surface area contributed by atoms with Gasteiger partial charge < -0.3 is 30.3 Å². The Morgan fingerprint density at radius 2 is 1.71 bits per heavy atom. The highest BCUT2D eigenvalue weighted by Crippen LogP contribution is 2.40. The second-order valence-electron chi connectivity index (χ2n) is 12.2. The lowest BCUT2D eigenvalue weighted by Gasteiger charge is -2.33. The normalized spacial score (nSPS) is 16.9. The first kappa shape index (κ1) is 33.9. The van der Waals surface area contributed by atoms with Gasteiger partial charge >= 0.3 is 0 Å². The fraction of sp³-hybridized carbons (Fsp3) is 0.400. The minimum atomic E-state index is -1.59. The van der Waals surface area contributed by atoms with Crippen molar-refractivity contribution in [2.45, 2.75) is 63.6 Å². The molecule has 0 saturated carbocycles. The van der Waals surface area contributed by atoms with Crippen molar-refractivity contribution in [2.24, 2.45) is 0 Å². The first-order chi connectivity index (χ1) is 21.4. The molecular weight excluding hydrogens is 588 g/mol. The van der Waals surface area contributed by atoms with E-state index < -0.39 is 34.7 Å². The Hall–Kier alpha value is -4.02. The monoisotopic (exact) mass is 632 g/mol. The van der Waals surface area contributed by atoms with Crippen LogP contribution in [0, 0.1) is 13.8 Å². The van der Waals surface area contributed by atoms with E-state index in [2.05, 4.69) is 10.6 Å². The molecule has 0 bridgehead atoms. The average molecular weight is 633 g/mol. The summed E-state index contributed by atoms with van der Waals surface area (Å²) in [5.41, 5.74) is 4.70. The van der Waals surface area contributed by atoms with Gasteiger partial charge in [0.05, 0.1) is 11.9 Å². The molecule has 0 radical (unpaired) electrons. The highest BCUT2D eigenvalue weighted by Gasteiger charge is 2.49. The molecule has 3 N–H and O–H groups in total. The summed E-state index contributed by atoms with van der Waals surface area (Å²) in [6.45, 7) is 7.76. The van der Waals surface area contributed by atoms with Gasteiger partial charge in [-0.1, -0.05) is 60.7 Å². The van der Waals surface area contributed by atoms with E-state index in [1.807, 2.05) is 119 Å². The quantitative estimate of drug-likeness (QED) is 0.278. The number of amides is 3. The van der Waals surface area contributed by atoms with Gasteiger partial charge in [-0.15, -0.1) is 11.8 Å². The van der Waals surface area contributed by atoms with Gasteiger partial charge in [0.2, 0.25) is 5.91 Å². The van der Waals surface area contributed by atoms with E-state index >= 15 is 0 Å². The van der Waals surface area contributed by atoms with Crippen LogP contribution in [0.4, 0.5) is 5.69 Å². The van der Waals surface area contributed by atoms with E-state index in [9.17, 15) is 19.5 Å². The maximum Gasteiger partial charge on any atom is 0.258 e. The summed E-state index contributed by atoms with van der Waals surface area (Å²) in [6.07, 6.45) is -1.38. The topological polar surface area (TPSA) is 111 Å². The Labute approximate surface area is 270 Å². The highest BCUT2D eigenvalue weighted by atomic mass is 32.2. The van der Waals surface area contributed by atoms with Gasteiger partial charge in [0.1, 0.15) is 11.8 Å². The number of carbonyl (C=O) groups is 3. The molecule has 4 rings (SSSR count). The third-order valence-corrected chi connectivity index (χ3v) is 9.49. The Kier molecular flexibility index (Phi) is 11.2. The molecule has 3 aromatic carbocycles. The fourth-order valence-corrected chi connectivity index (χ4v) is 6.51. The third-order valence-electron chi connectivity index (χ3n) is 8.12.